The van der Waals surface area contributed by atoms with Crippen molar-refractivity contribution in [3.05, 3.63) is 297 Å². The highest BCUT2D eigenvalue weighted by Gasteiger charge is 2.41. The Kier molecular flexibility index (Phi) is 10.8. The first kappa shape index (κ1) is 48.3. The molecule has 17 aromatic rings. The largest absolute Gasteiger partial charge is 0.309 e. The predicted molar refractivity (Wildman–Crippen MR) is 351 cm³/mol. The molecular formula is C76H48N8Si. The third kappa shape index (κ3) is 7.29. The molecule has 0 aliphatic heterocycles. The lowest BCUT2D eigenvalue weighted by Gasteiger charge is -2.34. The van der Waals surface area contributed by atoms with Gasteiger partial charge >= 0.3 is 0 Å². The van der Waals surface area contributed by atoms with Crippen LogP contribution in [-0.4, -0.2) is 41.3 Å². The number of nitriles is 1. The number of benzene rings is 12. The molecule has 0 saturated heterocycles. The van der Waals surface area contributed by atoms with Gasteiger partial charge in [-0.1, -0.05) is 218 Å². The predicted octanol–water partition coefficient (Wildman–Crippen LogP) is 15.2. The van der Waals surface area contributed by atoms with Crippen molar-refractivity contribution in [2.75, 3.05) is 0 Å². The van der Waals surface area contributed by atoms with E-state index >= 15 is 0 Å². The molecule has 0 aliphatic rings. The summed E-state index contributed by atoms with van der Waals surface area (Å²) >= 11 is 0. The Morgan fingerprint density at radius 2 is 0.647 bits per heavy atom. The van der Waals surface area contributed by atoms with Crippen LogP contribution in [0.4, 0.5) is 0 Å². The van der Waals surface area contributed by atoms with Gasteiger partial charge in [-0.15, -0.1) is 0 Å². The first-order valence-corrected chi connectivity index (χ1v) is 30.7. The van der Waals surface area contributed by atoms with Crippen LogP contribution in [0, 0.1) is 11.3 Å². The van der Waals surface area contributed by atoms with E-state index in [1.165, 1.54) is 42.3 Å². The zero-order valence-corrected chi connectivity index (χ0v) is 46.8. The lowest BCUT2D eigenvalue weighted by molar-refractivity contribution is 0.892. The van der Waals surface area contributed by atoms with Crippen molar-refractivity contribution in [3.8, 4) is 40.7 Å². The summed E-state index contributed by atoms with van der Waals surface area (Å²) < 4.78 is 9.10. The Hall–Kier alpha value is -11.4. The molecule has 0 N–H and O–H groups in total. The van der Waals surface area contributed by atoms with Gasteiger partial charge in [0, 0.05) is 60.0 Å². The number of nitrogens with zero attached hydrogens (tertiary/aromatic N) is 8. The van der Waals surface area contributed by atoms with Crippen LogP contribution in [0.15, 0.2) is 291 Å². The van der Waals surface area contributed by atoms with Gasteiger partial charge in [0.05, 0.1) is 55.8 Å². The Balaban J connectivity index is 0.981. The van der Waals surface area contributed by atoms with Gasteiger partial charge in [0.15, 0.2) is 13.9 Å². The van der Waals surface area contributed by atoms with E-state index in [0.717, 1.165) is 82.6 Å². The zero-order chi connectivity index (χ0) is 56.2. The summed E-state index contributed by atoms with van der Waals surface area (Å²) in [5.41, 5.74) is 11.6. The molecular weight excluding hydrogens is 1050 g/mol. The first-order chi connectivity index (χ1) is 42.1. The molecule has 17 rings (SSSR count). The van der Waals surface area contributed by atoms with Crippen LogP contribution >= 0.6 is 0 Å². The lowest BCUT2D eigenvalue weighted by atomic mass is 10.1. The number of para-hydroxylation sites is 5. The quantitative estimate of drug-likeness (QED) is 0.107. The monoisotopic (exact) mass is 1100 g/mol. The molecule has 0 fully saturated rings. The molecule has 5 aromatic heterocycles. The molecule has 9 heteroatoms. The summed E-state index contributed by atoms with van der Waals surface area (Å²) in [5, 5.41) is 24.3. The topological polar surface area (TPSA) is 82.2 Å². The van der Waals surface area contributed by atoms with Gasteiger partial charge in [-0.2, -0.15) is 20.2 Å². The van der Waals surface area contributed by atoms with E-state index in [1.807, 2.05) is 24.3 Å². The minimum absolute atomic E-state index is 0.430. The third-order valence-corrected chi connectivity index (χ3v) is 22.2. The van der Waals surface area contributed by atoms with Crippen molar-refractivity contribution in [1.82, 2.24) is 33.2 Å². The zero-order valence-electron chi connectivity index (χ0n) is 45.8. The Bertz CT molecular complexity index is 5370. The van der Waals surface area contributed by atoms with E-state index < -0.39 is 8.07 Å². The molecule has 0 saturated carbocycles. The lowest BCUT2D eigenvalue weighted by Crippen LogP contribution is -2.74. The number of rotatable bonds is 9. The summed E-state index contributed by atoms with van der Waals surface area (Å²) in [6.45, 7) is 0. The fourth-order valence-corrected chi connectivity index (χ4v) is 18.6. The maximum atomic E-state index is 10.4. The molecule has 12 aromatic carbocycles. The minimum atomic E-state index is -3.00. The van der Waals surface area contributed by atoms with Crippen molar-refractivity contribution in [2.45, 2.75) is 0 Å². The fourth-order valence-electron chi connectivity index (χ4n) is 13.8. The normalized spacial score (nSPS) is 12.0. The molecule has 0 aliphatic carbocycles. The Morgan fingerprint density at radius 3 is 1.14 bits per heavy atom. The summed E-state index contributed by atoms with van der Waals surface area (Å²) in [4.78, 5) is 17.0. The number of fused-ring (bicyclic) bond motifs is 12. The van der Waals surface area contributed by atoms with E-state index in [9.17, 15) is 5.26 Å². The number of aromatic nitrogens is 7. The number of hydrogen-bond acceptors (Lipinski definition) is 4. The average molecular weight is 1100 g/mol. The van der Waals surface area contributed by atoms with Crippen LogP contribution in [0.3, 0.4) is 0 Å². The van der Waals surface area contributed by atoms with Crippen molar-refractivity contribution >= 4 is 116 Å². The van der Waals surface area contributed by atoms with Gasteiger partial charge in [0.1, 0.15) is 0 Å². The van der Waals surface area contributed by atoms with Crippen LogP contribution in [0.25, 0.3) is 122 Å². The fraction of sp³-hybridized carbons (Fsp3) is 0. The van der Waals surface area contributed by atoms with Gasteiger partial charge in [-0.25, -0.2) is 0 Å². The standard InChI is InChI=1S/C76H48N8Si/c77-49-50-39-42-63-62-33-14-19-38-70(62)83(72(63)45-50)75-78-74(51-21-20-28-57(46-51)85(54-22-4-1-5-23-54,55-24-6-2-7-25-55)56-26-8-3-9-27-56)79-76(80-75)84-71-44-41-52(81-66-34-15-10-29-58(66)59-30-11-16-35-67(59)81)47-65(71)64-43-40-53(48-73(64)84)82-68-36-17-12-31-60(68)61-32-13-18-37-69(61)82/h1-48H. The highest BCUT2D eigenvalue weighted by molar-refractivity contribution is 7.19. The molecule has 0 spiro atoms. The minimum Gasteiger partial charge on any atom is -0.309 e. The van der Waals surface area contributed by atoms with E-state index in [4.69, 9.17) is 15.0 Å². The van der Waals surface area contributed by atoms with Crippen molar-refractivity contribution in [2.24, 2.45) is 0 Å². The van der Waals surface area contributed by atoms with Gasteiger partial charge in [-0.3, -0.25) is 9.13 Å². The van der Waals surface area contributed by atoms with Crippen LogP contribution < -0.4 is 20.7 Å². The summed E-state index contributed by atoms with van der Waals surface area (Å²) in [6.07, 6.45) is 0. The second-order valence-electron chi connectivity index (χ2n) is 21.9. The van der Waals surface area contributed by atoms with Crippen molar-refractivity contribution in [3.63, 3.8) is 0 Å². The van der Waals surface area contributed by atoms with E-state index in [0.29, 0.717) is 23.3 Å². The second-order valence-corrected chi connectivity index (χ2v) is 25.7. The number of hydrogen-bond donors (Lipinski definition) is 0. The van der Waals surface area contributed by atoms with E-state index in [2.05, 4.69) is 291 Å². The molecule has 5 heterocycles. The molecule has 0 radical (unpaired) electrons. The van der Waals surface area contributed by atoms with Gasteiger partial charge < -0.3 is 9.13 Å². The third-order valence-electron chi connectivity index (χ3n) is 17.4. The van der Waals surface area contributed by atoms with Gasteiger partial charge in [0.25, 0.3) is 0 Å². The van der Waals surface area contributed by atoms with Gasteiger partial charge in [0.2, 0.25) is 11.9 Å². The van der Waals surface area contributed by atoms with Crippen LogP contribution in [-0.2, 0) is 0 Å². The van der Waals surface area contributed by atoms with Crippen molar-refractivity contribution < 1.29 is 0 Å². The molecule has 0 bridgehead atoms. The highest BCUT2D eigenvalue weighted by atomic mass is 28.3. The molecule has 85 heavy (non-hydrogen) atoms. The maximum Gasteiger partial charge on any atom is 0.240 e. The SMILES string of the molecule is N#Cc1ccc2c3ccccc3n(-c3nc(-c4cccc([Si](c5ccccc5)(c5ccccc5)c5ccccc5)c4)nc(-n4c5ccc(-n6c7ccccc7c7ccccc76)cc5c5ccc(-n6c7ccccc7c7ccccc76)cc54)n3)c2c1. The Labute approximate surface area is 489 Å². The van der Waals surface area contributed by atoms with Crippen molar-refractivity contribution in [1.29, 1.82) is 5.26 Å². The summed E-state index contributed by atoms with van der Waals surface area (Å²) in [7, 11) is -3.00. The average Bonchev–Trinajstić information content (AvgIpc) is 3.81. The van der Waals surface area contributed by atoms with Crippen LogP contribution in [0.1, 0.15) is 5.56 Å². The highest BCUT2D eigenvalue weighted by Crippen LogP contribution is 2.40. The maximum absolute atomic E-state index is 10.4. The van der Waals surface area contributed by atoms with Gasteiger partial charge in [-0.05, 0) is 93.5 Å². The molecule has 396 valence electrons. The molecule has 0 amide bonds. The Morgan fingerprint density at radius 1 is 0.271 bits per heavy atom. The molecule has 8 nitrogen and oxygen atoms in total. The first-order valence-electron chi connectivity index (χ1n) is 28.7. The van der Waals surface area contributed by atoms with Crippen LogP contribution in [0.5, 0.6) is 0 Å². The molecule has 0 atom stereocenters. The summed E-state index contributed by atoms with van der Waals surface area (Å²) in [6, 6.07) is 107. The summed E-state index contributed by atoms with van der Waals surface area (Å²) in [5.74, 6) is 1.39. The molecule has 0 unspecified atom stereocenters. The second kappa shape index (κ2) is 19.1. The van der Waals surface area contributed by atoms with E-state index in [1.54, 1.807) is 0 Å². The smallest absolute Gasteiger partial charge is 0.240 e. The van der Waals surface area contributed by atoms with E-state index in [-0.39, 0.29) is 0 Å². The van der Waals surface area contributed by atoms with Crippen LogP contribution in [0.2, 0.25) is 0 Å².